The van der Waals surface area contributed by atoms with Crippen molar-refractivity contribution < 1.29 is 19.4 Å². The van der Waals surface area contributed by atoms with E-state index in [0.717, 1.165) is 6.42 Å². The Morgan fingerprint density at radius 3 is 2.37 bits per heavy atom. The van der Waals surface area contributed by atoms with Crippen LogP contribution in [-0.2, 0) is 9.53 Å². The molecular formula is C14H23NO4. The first-order chi connectivity index (χ1) is 8.69. The highest BCUT2D eigenvalue weighted by Gasteiger charge is 2.53. The van der Waals surface area contributed by atoms with Crippen molar-refractivity contribution in [3.8, 4) is 0 Å². The molecule has 1 amide bonds. The lowest BCUT2D eigenvalue weighted by Gasteiger charge is -2.54. The van der Waals surface area contributed by atoms with E-state index in [2.05, 4.69) is 12.2 Å². The van der Waals surface area contributed by atoms with Crippen LogP contribution in [0.2, 0.25) is 0 Å². The molecule has 3 aliphatic rings. The van der Waals surface area contributed by atoms with Gasteiger partial charge in [0.25, 0.3) is 0 Å². The molecule has 2 N–H and O–H groups in total. The zero-order chi connectivity index (χ0) is 14.4. The van der Waals surface area contributed by atoms with E-state index in [4.69, 9.17) is 4.74 Å². The summed E-state index contributed by atoms with van der Waals surface area (Å²) >= 11 is 0. The van der Waals surface area contributed by atoms with Gasteiger partial charge in [-0.1, -0.05) is 6.92 Å². The normalized spacial score (nSPS) is 37.2. The van der Waals surface area contributed by atoms with Crippen LogP contribution in [0.25, 0.3) is 0 Å². The summed E-state index contributed by atoms with van der Waals surface area (Å²) in [5.74, 6) is -0.0270. The van der Waals surface area contributed by atoms with E-state index in [-0.39, 0.29) is 12.0 Å². The highest BCUT2D eigenvalue weighted by molar-refractivity contribution is 5.74. The van der Waals surface area contributed by atoms with E-state index in [9.17, 15) is 14.7 Å². The molecule has 0 spiro atoms. The van der Waals surface area contributed by atoms with Crippen LogP contribution in [0.3, 0.4) is 0 Å². The number of rotatable bonds is 2. The highest BCUT2D eigenvalue weighted by Crippen LogP contribution is 2.52. The minimum absolute atomic E-state index is 0.271. The molecule has 108 valence electrons. The Kier molecular flexibility index (Phi) is 3.49. The van der Waals surface area contributed by atoms with E-state index in [0.29, 0.717) is 18.3 Å². The molecule has 0 aromatic rings. The summed E-state index contributed by atoms with van der Waals surface area (Å²) in [7, 11) is 0. The molecule has 3 saturated carbocycles. The number of fused-ring (bicyclic) bond motifs is 2. The lowest BCUT2D eigenvalue weighted by molar-refractivity contribution is -0.151. The average molecular weight is 269 g/mol. The number of amides is 1. The molecule has 0 heterocycles. The van der Waals surface area contributed by atoms with E-state index < -0.39 is 23.6 Å². The molecule has 0 radical (unpaired) electrons. The first kappa shape index (κ1) is 14.2. The Hall–Kier alpha value is -1.26. The van der Waals surface area contributed by atoms with Crippen LogP contribution < -0.4 is 5.32 Å². The van der Waals surface area contributed by atoms with Crippen molar-refractivity contribution in [2.24, 2.45) is 23.7 Å². The SMILES string of the molecule is CC1C2C[C@@H]1C(NC(=O)OC(C)(C)C)[C@@H](C(=O)O)C2. The number of aliphatic carboxylic acids is 1. The molecule has 0 aliphatic heterocycles. The Labute approximate surface area is 113 Å². The van der Waals surface area contributed by atoms with Gasteiger partial charge in [0.15, 0.2) is 0 Å². The second-order valence-corrected chi connectivity index (χ2v) is 6.87. The number of ether oxygens (including phenoxy) is 1. The topological polar surface area (TPSA) is 75.6 Å². The van der Waals surface area contributed by atoms with Gasteiger partial charge in [0.1, 0.15) is 5.60 Å². The second-order valence-electron chi connectivity index (χ2n) is 6.87. The molecule has 0 aromatic carbocycles. The van der Waals surface area contributed by atoms with Gasteiger partial charge in [-0.15, -0.1) is 0 Å². The summed E-state index contributed by atoms with van der Waals surface area (Å²) in [4.78, 5) is 23.2. The molecule has 3 aliphatic carbocycles. The third-order valence-corrected chi connectivity index (χ3v) is 4.45. The average Bonchev–Trinajstić information content (AvgIpc) is 2.24. The van der Waals surface area contributed by atoms with Crippen LogP contribution in [0, 0.1) is 23.7 Å². The predicted octanol–water partition coefficient (Wildman–Crippen LogP) is 2.26. The molecule has 3 unspecified atom stereocenters. The quantitative estimate of drug-likeness (QED) is 0.806. The summed E-state index contributed by atoms with van der Waals surface area (Å²) in [5, 5.41) is 12.1. The first-order valence-electron chi connectivity index (χ1n) is 6.91. The van der Waals surface area contributed by atoms with Gasteiger partial charge in [0, 0.05) is 6.04 Å². The second kappa shape index (κ2) is 4.69. The predicted molar refractivity (Wildman–Crippen MR) is 69.7 cm³/mol. The van der Waals surface area contributed by atoms with Crippen molar-refractivity contribution in [2.75, 3.05) is 0 Å². The molecule has 5 atom stereocenters. The number of hydrogen-bond donors (Lipinski definition) is 2. The largest absolute Gasteiger partial charge is 0.481 e. The van der Waals surface area contributed by atoms with Gasteiger partial charge in [0.2, 0.25) is 0 Å². The lowest BCUT2D eigenvalue weighted by atomic mass is 9.52. The van der Waals surface area contributed by atoms with E-state index in [1.165, 1.54) is 0 Å². The lowest BCUT2D eigenvalue weighted by Crippen LogP contribution is -2.61. The van der Waals surface area contributed by atoms with Gasteiger partial charge in [-0.05, 0) is 51.4 Å². The zero-order valence-corrected chi connectivity index (χ0v) is 12.0. The Balaban J connectivity index is 2.03. The van der Waals surface area contributed by atoms with E-state index in [1.807, 2.05) is 0 Å². The monoisotopic (exact) mass is 269 g/mol. The number of alkyl carbamates (subject to hydrolysis) is 1. The van der Waals surface area contributed by atoms with Gasteiger partial charge in [0.05, 0.1) is 5.92 Å². The van der Waals surface area contributed by atoms with Crippen molar-refractivity contribution in [2.45, 2.75) is 52.2 Å². The molecule has 2 bridgehead atoms. The standard InChI is InChI=1S/C14H23NO4/c1-7-8-5-9(7)11(10(6-8)12(16)17)15-13(18)19-14(2,3)4/h7-11H,5-6H2,1-4H3,(H,15,18)(H,16,17)/t7?,8?,9-,10-,11?/m0/s1. The molecule has 3 fully saturated rings. The summed E-state index contributed by atoms with van der Waals surface area (Å²) in [6, 6.07) is -0.299. The number of carboxylic acids is 1. The fraction of sp³-hybridized carbons (Fsp3) is 0.857. The van der Waals surface area contributed by atoms with Crippen LogP contribution >= 0.6 is 0 Å². The van der Waals surface area contributed by atoms with E-state index >= 15 is 0 Å². The van der Waals surface area contributed by atoms with Crippen molar-refractivity contribution in [1.82, 2.24) is 5.32 Å². The van der Waals surface area contributed by atoms with Crippen molar-refractivity contribution >= 4 is 12.1 Å². The highest BCUT2D eigenvalue weighted by atomic mass is 16.6. The number of hydrogen-bond acceptors (Lipinski definition) is 3. The fourth-order valence-electron chi connectivity index (χ4n) is 3.39. The van der Waals surface area contributed by atoms with Gasteiger partial charge in [-0.25, -0.2) is 4.79 Å². The third-order valence-electron chi connectivity index (χ3n) is 4.45. The van der Waals surface area contributed by atoms with Crippen LogP contribution in [0.5, 0.6) is 0 Å². The molecule has 19 heavy (non-hydrogen) atoms. The molecule has 0 aromatic heterocycles. The first-order valence-corrected chi connectivity index (χ1v) is 6.91. The summed E-state index contributed by atoms with van der Waals surface area (Å²) in [6.45, 7) is 7.53. The third kappa shape index (κ3) is 2.85. The molecular weight excluding hydrogens is 246 g/mol. The molecule has 3 rings (SSSR count). The number of carbonyl (C=O) groups is 2. The Morgan fingerprint density at radius 1 is 1.26 bits per heavy atom. The summed E-state index contributed by atoms with van der Waals surface area (Å²) in [5.41, 5.74) is -0.564. The van der Waals surface area contributed by atoms with Gasteiger partial charge in [-0.2, -0.15) is 0 Å². The van der Waals surface area contributed by atoms with Gasteiger partial charge >= 0.3 is 12.1 Å². The Morgan fingerprint density at radius 2 is 1.89 bits per heavy atom. The minimum Gasteiger partial charge on any atom is -0.481 e. The molecule has 5 nitrogen and oxygen atoms in total. The zero-order valence-electron chi connectivity index (χ0n) is 12.0. The maximum Gasteiger partial charge on any atom is 0.407 e. The van der Waals surface area contributed by atoms with Crippen molar-refractivity contribution in [3.05, 3.63) is 0 Å². The molecule has 0 saturated heterocycles. The smallest absolute Gasteiger partial charge is 0.407 e. The van der Waals surface area contributed by atoms with Crippen molar-refractivity contribution in [3.63, 3.8) is 0 Å². The summed E-state index contributed by atoms with van der Waals surface area (Å²) in [6.07, 6.45) is 1.17. The fourth-order valence-corrected chi connectivity index (χ4v) is 3.39. The number of nitrogens with one attached hydrogen (secondary N) is 1. The number of carbonyl (C=O) groups excluding carboxylic acids is 1. The van der Waals surface area contributed by atoms with Gasteiger partial charge in [-0.3, -0.25) is 4.79 Å². The van der Waals surface area contributed by atoms with Crippen LogP contribution in [-0.4, -0.2) is 28.8 Å². The summed E-state index contributed by atoms with van der Waals surface area (Å²) < 4.78 is 5.23. The van der Waals surface area contributed by atoms with Crippen LogP contribution in [0.1, 0.15) is 40.5 Å². The minimum atomic E-state index is -0.817. The molecule has 5 heteroatoms. The van der Waals surface area contributed by atoms with Gasteiger partial charge < -0.3 is 15.2 Å². The van der Waals surface area contributed by atoms with Crippen LogP contribution in [0.4, 0.5) is 4.79 Å². The van der Waals surface area contributed by atoms with E-state index in [1.54, 1.807) is 20.8 Å². The van der Waals surface area contributed by atoms with Crippen molar-refractivity contribution in [1.29, 1.82) is 0 Å². The number of carboxylic acid groups (broad SMARTS) is 1. The Bertz CT molecular complexity index is 387. The maximum atomic E-state index is 11.8. The van der Waals surface area contributed by atoms with Crippen LogP contribution in [0.15, 0.2) is 0 Å². The maximum absolute atomic E-state index is 11.8.